The zero-order valence-corrected chi connectivity index (χ0v) is 14.4. The Morgan fingerprint density at radius 3 is 2.23 bits per heavy atom. The summed E-state index contributed by atoms with van der Waals surface area (Å²) >= 11 is 5.16. The van der Waals surface area contributed by atoms with Gasteiger partial charge in [-0.2, -0.15) is 0 Å². The number of primary amides is 1. The highest BCUT2D eigenvalue weighted by atomic mass is 32.1. The number of carbonyl (C=O) groups is 1. The molecule has 0 saturated heterocycles. The number of rotatable bonds is 6. The van der Waals surface area contributed by atoms with Crippen molar-refractivity contribution in [2.45, 2.75) is 12.5 Å². The van der Waals surface area contributed by atoms with Crippen LogP contribution in [-0.2, 0) is 11.2 Å². The number of benzene rings is 2. The van der Waals surface area contributed by atoms with E-state index < -0.39 is 11.9 Å². The van der Waals surface area contributed by atoms with Crippen LogP contribution in [0.15, 0.2) is 42.5 Å². The third-order valence-corrected chi connectivity index (χ3v) is 3.82. The molecule has 0 aliphatic rings. The van der Waals surface area contributed by atoms with E-state index in [0.29, 0.717) is 11.1 Å². The van der Waals surface area contributed by atoms with Gasteiger partial charge < -0.3 is 31.5 Å². The van der Waals surface area contributed by atoms with Crippen LogP contribution >= 0.6 is 12.2 Å². The van der Waals surface area contributed by atoms with E-state index in [2.05, 4.69) is 5.32 Å². The van der Waals surface area contributed by atoms with Crippen molar-refractivity contribution in [3.63, 3.8) is 0 Å². The number of nitrogens with one attached hydrogen (secondary N) is 1. The first kappa shape index (κ1) is 19.1. The zero-order chi connectivity index (χ0) is 19.3. The molecule has 0 radical (unpaired) electrons. The highest BCUT2D eigenvalue weighted by Crippen LogP contribution is 2.26. The topological polar surface area (TPSA) is 136 Å². The predicted octanol–water partition coefficient (Wildman–Crippen LogP) is 1.54. The molecule has 0 heterocycles. The number of hydrogen-bond acceptors (Lipinski definition) is 6. The highest BCUT2D eigenvalue weighted by molar-refractivity contribution is 7.80. The van der Waals surface area contributed by atoms with Gasteiger partial charge in [-0.25, -0.2) is 0 Å². The fourth-order valence-electron chi connectivity index (χ4n) is 2.19. The Hall–Kier alpha value is -3.26. The summed E-state index contributed by atoms with van der Waals surface area (Å²) in [5, 5.41) is 40.4. The number of phenols is 4. The molecule has 0 aliphatic carbocycles. The molecule has 2 aromatic rings. The van der Waals surface area contributed by atoms with Crippen LogP contribution in [-0.4, -0.2) is 37.4 Å². The number of hydrogen-bond donors (Lipinski definition) is 6. The van der Waals surface area contributed by atoms with Gasteiger partial charge in [0.15, 0.2) is 23.0 Å². The Morgan fingerprint density at radius 1 is 1.04 bits per heavy atom. The van der Waals surface area contributed by atoms with Crippen LogP contribution in [0.3, 0.4) is 0 Å². The van der Waals surface area contributed by atoms with E-state index in [1.54, 1.807) is 18.2 Å². The maximum absolute atomic E-state index is 11.7. The van der Waals surface area contributed by atoms with Gasteiger partial charge in [0.1, 0.15) is 6.04 Å². The van der Waals surface area contributed by atoms with Crippen molar-refractivity contribution in [1.29, 1.82) is 0 Å². The molecule has 0 fully saturated rings. The normalized spacial score (nSPS) is 12.0. The minimum absolute atomic E-state index is 0.164. The van der Waals surface area contributed by atoms with Crippen molar-refractivity contribution < 1.29 is 25.2 Å². The Bertz CT molecular complexity index is 867. The summed E-state index contributed by atoms with van der Waals surface area (Å²) in [5.74, 6) is -1.66. The second-order valence-corrected chi connectivity index (χ2v) is 6.01. The van der Waals surface area contributed by atoms with Crippen molar-refractivity contribution >= 4 is 29.2 Å². The summed E-state index contributed by atoms with van der Waals surface area (Å²) in [6.45, 7) is 0. The first-order valence-electron chi connectivity index (χ1n) is 7.57. The van der Waals surface area contributed by atoms with E-state index in [1.165, 1.54) is 30.3 Å². The van der Waals surface area contributed by atoms with E-state index in [-0.39, 0.29) is 34.4 Å². The van der Waals surface area contributed by atoms with Gasteiger partial charge in [0.05, 0.1) is 4.99 Å². The third-order valence-electron chi connectivity index (χ3n) is 3.57. The fourth-order valence-corrected chi connectivity index (χ4v) is 2.40. The minimum atomic E-state index is -0.815. The van der Waals surface area contributed by atoms with Gasteiger partial charge in [0, 0.05) is 6.42 Å². The quantitative estimate of drug-likeness (QED) is 0.256. The average Bonchev–Trinajstić information content (AvgIpc) is 2.58. The van der Waals surface area contributed by atoms with Gasteiger partial charge in [0.25, 0.3) is 0 Å². The van der Waals surface area contributed by atoms with Crippen LogP contribution in [0.2, 0.25) is 0 Å². The van der Waals surface area contributed by atoms with Crippen molar-refractivity contribution in [1.82, 2.24) is 5.32 Å². The molecule has 0 bridgehead atoms. The van der Waals surface area contributed by atoms with E-state index in [4.69, 9.17) is 18.0 Å². The largest absolute Gasteiger partial charge is 0.504 e. The molecule has 0 aliphatic heterocycles. The zero-order valence-electron chi connectivity index (χ0n) is 13.6. The molecule has 7 nitrogen and oxygen atoms in total. The molecular weight excluding hydrogens is 356 g/mol. The van der Waals surface area contributed by atoms with Gasteiger partial charge in [-0.1, -0.05) is 30.4 Å². The van der Waals surface area contributed by atoms with Gasteiger partial charge in [-0.3, -0.25) is 4.79 Å². The summed E-state index contributed by atoms with van der Waals surface area (Å²) in [7, 11) is 0. The van der Waals surface area contributed by atoms with Crippen LogP contribution in [0.4, 0.5) is 0 Å². The molecule has 0 aromatic heterocycles. The van der Waals surface area contributed by atoms with Crippen LogP contribution in [0.5, 0.6) is 23.0 Å². The Kier molecular flexibility index (Phi) is 6.03. The van der Waals surface area contributed by atoms with E-state index in [1.807, 2.05) is 0 Å². The smallest absolute Gasteiger partial charge is 0.240 e. The summed E-state index contributed by atoms with van der Waals surface area (Å²) in [6, 6.07) is 7.69. The lowest BCUT2D eigenvalue weighted by Crippen LogP contribution is -2.44. The van der Waals surface area contributed by atoms with Crippen molar-refractivity contribution in [2.75, 3.05) is 0 Å². The van der Waals surface area contributed by atoms with Crippen molar-refractivity contribution in [2.24, 2.45) is 5.73 Å². The van der Waals surface area contributed by atoms with Crippen molar-refractivity contribution in [3.8, 4) is 23.0 Å². The Morgan fingerprint density at radius 2 is 1.65 bits per heavy atom. The maximum Gasteiger partial charge on any atom is 0.240 e. The third kappa shape index (κ3) is 5.12. The van der Waals surface area contributed by atoms with Crippen LogP contribution in [0.1, 0.15) is 11.1 Å². The molecule has 26 heavy (non-hydrogen) atoms. The average molecular weight is 374 g/mol. The predicted molar refractivity (Wildman–Crippen MR) is 101 cm³/mol. The van der Waals surface area contributed by atoms with E-state index in [9.17, 15) is 25.2 Å². The molecule has 136 valence electrons. The van der Waals surface area contributed by atoms with Crippen LogP contribution in [0, 0.1) is 0 Å². The second kappa shape index (κ2) is 8.21. The molecule has 0 saturated carbocycles. The summed E-state index contributed by atoms with van der Waals surface area (Å²) in [6.07, 6.45) is 3.28. The Labute approximate surface area is 155 Å². The highest BCUT2D eigenvalue weighted by Gasteiger charge is 2.17. The van der Waals surface area contributed by atoms with Crippen LogP contribution < -0.4 is 11.1 Å². The van der Waals surface area contributed by atoms with Gasteiger partial charge in [-0.15, -0.1) is 0 Å². The van der Waals surface area contributed by atoms with Crippen molar-refractivity contribution in [3.05, 3.63) is 53.6 Å². The van der Waals surface area contributed by atoms with Gasteiger partial charge in [0.2, 0.25) is 5.91 Å². The number of carbonyl (C=O) groups excluding carboxylic acids is 1. The number of aromatic hydroxyl groups is 4. The molecule has 1 amide bonds. The summed E-state index contributed by atoms with van der Waals surface area (Å²) in [4.78, 5) is 11.9. The summed E-state index contributed by atoms with van der Waals surface area (Å²) in [5.41, 5.74) is 6.58. The lowest BCUT2D eigenvalue weighted by molar-refractivity contribution is -0.119. The molecular formula is C18H18N2O5S. The number of amides is 1. The lowest BCUT2D eigenvalue weighted by atomic mass is 10.0. The Balaban J connectivity index is 2.05. The molecule has 2 rings (SSSR count). The first-order chi connectivity index (χ1) is 12.3. The lowest BCUT2D eigenvalue weighted by Gasteiger charge is -2.16. The monoisotopic (exact) mass is 374 g/mol. The fraction of sp³-hybridized carbons (Fsp3) is 0.111. The minimum Gasteiger partial charge on any atom is -0.504 e. The number of thiocarbonyl (C=S) groups is 1. The second-order valence-electron chi connectivity index (χ2n) is 5.57. The van der Waals surface area contributed by atoms with Gasteiger partial charge in [-0.05, 0) is 41.5 Å². The standard InChI is InChI=1S/C18H18N2O5S/c19-18(25)12(7-11-2-5-14(22)16(24)9-11)20-17(26)6-3-10-1-4-13(21)15(23)8-10/h1-6,8-9,12,21-24H,7H2,(H2,19,25)(H,20,26)/b6-3+/t12-/m0/s1. The molecule has 0 spiro atoms. The number of phenolic OH excluding ortho intramolecular Hbond substituents is 4. The van der Waals surface area contributed by atoms with E-state index in [0.717, 1.165) is 0 Å². The number of nitrogens with two attached hydrogens (primary N) is 1. The molecule has 1 atom stereocenters. The first-order valence-corrected chi connectivity index (χ1v) is 7.98. The molecule has 8 heteroatoms. The SMILES string of the molecule is NC(=O)[C@H](Cc1ccc(O)c(O)c1)NC(=S)/C=C/c1ccc(O)c(O)c1. The van der Waals surface area contributed by atoms with E-state index >= 15 is 0 Å². The molecule has 2 aromatic carbocycles. The maximum atomic E-state index is 11.7. The molecule has 0 unspecified atom stereocenters. The summed E-state index contributed by atoms with van der Waals surface area (Å²) < 4.78 is 0. The molecule has 7 N–H and O–H groups in total. The van der Waals surface area contributed by atoms with Gasteiger partial charge >= 0.3 is 0 Å². The van der Waals surface area contributed by atoms with Crippen LogP contribution in [0.25, 0.3) is 6.08 Å².